The van der Waals surface area contributed by atoms with Crippen LogP contribution in [0.5, 0.6) is 0 Å². The van der Waals surface area contributed by atoms with E-state index in [0.717, 1.165) is 53.6 Å². The zero-order chi connectivity index (χ0) is 25.1. The predicted octanol–water partition coefficient (Wildman–Crippen LogP) is 5.09. The summed E-state index contributed by atoms with van der Waals surface area (Å²) in [5.74, 6) is 3.80. The monoisotopic (exact) mass is 504 g/mol. The molecule has 2 atom stereocenters. The van der Waals surface area contributed by atoms with Crippen molar-refractivity contribution >= 4 is 28.4 Å². The van der Waals surface area contributed by atoms with Gasteiger partial charge in [0.15, 0.2) is 11.6 Å². The number of hydrogen-bond acceptors (Lipinski definition) is 8. The van der Waals surface area contributed by atoms with E-state index in [9.17, 15) is 0 Å². The van der Waals surface area contributed by atoms with E-state index in [1.54, 1.807) is 6.26 Å². The SMILES string of the molecule is c1ccc2c(Nc3cc(C4CC4)[nH]n3)nc(-c3ccc(N4CC5CC(C4)N5Cc4ccoc4)nc3)nc2c1. The van der Waals surface area contributed by atoms with Crippen molar-refractivity contribution in [3.8, 4) is 11.4 Å². The number of para-hydroxylation sites is 1. The minimum Gasteiger partial charge on any atom is -0.472 e. The Bertz CT molecular complexity index is 1580. The van der Waals surface area contributed by atoms with E-state index in [-0.39, 0.29) is 0 Å². The highest BCUT2D eigenvalue weighted by Gasteiger charge is 2.44. The van der Waals surface area contributed by atoms with Crippen molar-refractivity contribution in [3.05, 3.63) is 78.5 Å². The molecule has 0 spiro atoms. The van der Waals surface area contributed by atoms with E-state index in [1.165, 1.54) is 30.5 Å². The molecule has 1 saturated carbocycles. The van der Waals surface area contributed by atoms with Crippen molar-refractivity contribution in [3.63, 3.8) is 0 Å². The Hall–Kier alpha value is -4.24. The molecular weight excluding hydrogens is 476 g/mol. The molecular formula is C29H28N8O. The molecule has 5 aromatic rings. The van der Waals surface area contributed by atoms with E-state index in [0.29, 0.717) is 23.8 Å². The van der Waals surface area contributed by atoms with Crippen LogP contribution >= 0.6 is 0 Å². The zero-order valence-corrected chi connectivity index (χ0v) is 20.9. The van der Waals surface area contributed by atoms with Gasteiger partial charge in [-0.05, 0) is 49.6 Å². The quantitative estimate of drug-likeness (QED) is 0.316. The number of piperidine rings is 1. The number of benzene rings is 1. The van der Waals surface area contributed by atoms with Gasteiger partial charge >= 0.3 is 0 Å². The van der Waals surface area contributed by atoms with Crippen LogP contribution in [0.2, 0.25) is 0 Å². The summed E-state index contributed by atoms with van der Waals surface area (Å²) >= 11 is 0. The van der Waals surface area contributed by atoms with Crippen molar-refractivity contribution in [1.29, 1.82) is 0 Å². The maximum absolute atomic E-state index is 5.25. The van der Waals surface area contributed by atoms with E-state index in [4.69, 9.17) is 19.4 Å². The standard InChI is InChI=1S/C29H28N8O/c1-2-4-24-23(3-1)29(32-26-12-25(34-35-26)19-5-6-19)33-28(31-24)20-7-8-27(30-13-20)36-15-21-11-22(16-36)37(21)14-18-9-10-38-17-18/h1-4,7-10,12-13,17,19,21-22H,5-6,11,14-16H2,(H2,31,32,33,34,35). The number of H-pyrrole nitrogens is 1. The molecule has 0 radical (unpaired) electrons. The smallest absolute Gasteiger partial charge is 0.163 e. The molecule has 4 aliphatic rings. The van der Waals surface area contributed by atoms with Crippen LogP contribution in [0.3, 0.4) is 0 Å². The molecule has 1 aliphatic carbocycles. The fourth-order valence-electron chi connectivity index (χ4n) is 5.86. The molecule has 2 N–H and O–H groups in total. The summed E-state index contributed by atoms with van der Waals surface area (Å²) in [7, 11) is 0. The molecule has 4 aromatic heterocycles. The fraction of sp³-hybridized carbons (Fsp3) is 0.310. The van der Waals surface area contributed by atoms with Gasteiger partial charge in [0.05, 0.1) is 18.0 Å². The lowest BCUT2D eigenvalue weighted by Gasteiger charge is -2.56. The first-order valence-electron chi connectivity index (χ1n) is 13.3. The number of piperazine rings is 1. The van der Waals surface area contributed by atoms with Gasteiger partial charge < -0.3 is 14.6 Å². The Morgan fingerprint density at radius 3 is 2.71 bits per heavy atom. The van der Waals surface area contributed by atoms with Crippen molar-refractivity contribution in [2.24, 2.45) is 0 Å². The molecule has 2 unspecified atom stereocenters. The number of hydrogen-bond donors (Lipinski definition) is 2. The summed E-state index contributed by atoms with van der Waals surface area (Å²) < 4.78 is 5.25. The van der Waals surface area contributed by atoms with Crippen LogP contribution in [-0.4, -0.2) is 55.2 Å². The topological polar surface area (TPSA) is 99.0 Å². The molecule has 2 bridgehead atoms. The fourth-order valence-corrected chi connectivity index (χ4v) is 5.86. The number of aromatic amines is 1. The molecule has 3 saturated heterocycles. The second-order valence-corrected chi connectivity index (χ2v) is 10.7. The average molecular weight is 505 g/mol. The molecule has 9 rings (SSSR count). The molecule has 3 aliphatic heterocycles. The van der Waals surface area contributed by atoms with Gasteiger partial charge in [0.1, 0.15) is 11.6 Å². The first-order valence-corrected chi connectivity index (χ1v) is 13.3. The third kappa shape index (κ3) is 3.90. The lowest BCUT2D eigenvalue weighted by Crippen LogP contribution is -2.68. The summed E-state index contributed by atoms with van der Waals surface area (Å²) in [4.78, 5) is 19.6. The van der Waals surface area contributed by atoms with Gasteiger partial charge in [-0.2, -0.15) is 5.10 Å². The Morgan fingerprint density at radius 2 is 1.92 bits per heavy atom. The van der Waals surface area contributed by atoms with Crippen LogP contribution in [0.25, 0.3) is 22.3 Å². The van der Waals surface area contributed by atoms with E-state index >= 15 is 0 Å². The number of furan rings is 1. The van der Waals surface area contributed by atoms with Crippen LogP contribution in [0, 0.1) is 0 Å². The van der Waals surface area contributed by atoms with Crippen LogP contribution in [0.4, 0.5) is 17.5 Å². The molecule has 9 heteroatoms. The van der Waals surface area contributed by atoms with E-state index in [1.807, 2.05) is 36.7 Å². The van der Waals surface area contributed by atoms with Gasteiger partial charge in [0.2, 0.25) is 0 Å². The van der Waals surface area contributed by atoms with Crippen LogP contribution in [0.1, 0.15) is 36.4 Å². The molecule has 4 fully saturated rings. The minimum absolute atomic E-state index is 0.560. The molecule has 38 heavy (non-hydrogen) atoms. The highest BCUT2D eigenvalue weighted by Crippen LogP contribution is 2.40. The van der Waals surface area contributed by atoms with Gasteiger partial charge in [0.25, 0.3) is 0 Å². The summed E-state index contributed by atoms with van der Waals surface area (Å²) in [6, 6.07) is 17.5. The number of pyridine rings is 1. The van der Waals surface area contributed by atoms with Gasteiger partial charge in [-0.25, -0.2) is 15.0 Å². The van der Waals surface area contributed by atoms with Gasteiger partial charge in [0, 0.05) is 72.1 Å². The summed E-state index contributed by atoms with van der Waals surface area (Å²) in [5.41, 5.74) is 4.21. The molecule has 7 heterocycles. The average Bonchev–Trinajstić information content (AvgIpc) is 3.47. The largest absolute Gasteiger partial charge is 0.472 e. The van der Waals surface area contributed by atoms with Crippen molar-refractivity contribution in [2.45, 2.75) is 43.8 Å². The van der Waals surface area contributed by atoms with Crippen molar-refractivity contribution < 1.29 is 4.42 Å². The minimum atomic E-state index is 0.560. The predicted molar refractivity (Wildman–Crippen MR) is 145 cm³/mol. The Morgan fingerprint density at radius 1 is 1.03 bits per heavy atom. The highest BCUT2D eigenvalue weighted by atomic mass is 16.3. The van der Waals surface area contributed by atoms with Crippen molar-refractivity contribution in [1.82, 2.24) is 30.0 Å². The number of rotatable bonds is 7. The van der Waals surface area contributed by atoms with Crippen LogP contribution in [0.15, 0.2) is 71.7 Å². The van der Waals surface area contributed by atoms with Gasteiger partial charge in [-0.3, -0.25) is 10.00 Å². The van der Waals surface area contributed by atoms with Crippen LogP contribution in [-0.2, 0) is 6.54 Å². The van der Waals surface area contributed by atoms with E-state index in [2.05, 4.69) is 49.6 Å². The molecule has 190 valence electrons. The number of fused-ring (bicyclic) bond motifs is 3. The lowest BCUT2D eigenvalue weighted by molar-refractivity contribution is -0.00880. The number of anilines is 3. The Labute approximate surface area is 219 Å². The van der Waals surface area contributed by atoms with Gasteiger partial charge in [-0.15, -0.1) is 0 Å². The van der Waals surface area contributed by atoms with E-state index < -0.39 is 0 Å². The molecule has 9 nitrogen and oxygen atoms in total. The van der Waals surface area contributed by atoms with Crippen LogP contribution < -0.4 is 10.2 Å². The number of nitrogens with zero attached hydrogens (tertiary/aromatic N) is 6. The second-order valence-electron chi connectivity index (χ2n) is 10.7. The number of aromatic nitrogens is 5. The summed E-state index contributed by atoms with van der Waals surface area (Å²) in [6.45, 7) is 2.95. The Kier molecular flexibility index (Phi) is 4.97. The zero-order valence-electron chi connectivity index (χ0n) is 20.9. The third-order valence-electron chi connectivity index (χ3n) is 8.08. The van der Waals surface area contributed by atoms with Crippen molar-refractivity contribution in [2.75, 3.05) is 23.3 Å². The Balaban J connectivity index is 1.02. The second kappa shape index (κ2) is 8.66. The summed E-state index contributed by atoms with van der Waals surface area (Å²) in [6.07, 6.45) is 9.21. The normalized spacial score (nSPS) is 21.0. The highest BCUT2D eigenvalue weighted by molar-refractivity contribution is 5.92. The van der Waals surface area contributed by atoms with Gasteiger partial charge in [-0.1, -0.05) is 12.1 Å². The molecule has 0 amide bonds. The first kappa shape index (κ1) is 21.8. The molecule has 1 aromatic carbocycles. The maximum Gasteiger partial charge on any atom is 0.163 e. The lowest BCUT2D eigenvalue weighted by atomic mass is 9.87. The summed E-state index contributed by atoms with van der Waals surface area (Å²) in [5, 5.41) is 12.0. The first-order chi connectivity index (χ1) is 18.8. The number of nitrogens with one attached hydrogen (secondary N) is 2. The maximum atomic E-state index is 5.25. The third-order valence-corrected chi connectivity index (χ3v) is 8.08.